The van der Waals surface area contributed by atoms with Crippen LogP contribution in [0.2, 0.25) is 0 Å². The molecular formula is C15H19NO4. The highest BCUT2D eigenvalue weighted by Gasteiger charge is 2.13. The van der Waals surface area contributed by atoms with Gasteiger partial charge in [-0.3, -0.25) is 0 Å². The van der Waals surface area contributed by atoms with E-state index in [0.717, 1.165) is 10.9 Å². The van der Waals surface area contributed by atoms with E-state index in [0.29, 0.717) is 18.0 Å². The Bertz CT molecular complexity index is 603. The van der Waals surface area contributed by atoms with Gasteiger partial charge in [-0.05, 0) is 29.7 Å². The Morgan fingerprint density at radius 3 is 2.70 bits per heavy atom. The number of rotatable bonds is 6. The van der Waals surface area contributed by atoms with Crippen LogP contribution in [0.1, 0.15) is 30.0 Å². The van der Waals surface area contributed by atoms with Crippen LogP contribution >= 0.6 is 0 Å². The van der Waals surface area contributed by atoms with Crippen molar-refractivity contribution in [1.82, 2.24) is 5.32 Å². The highest BCUT2D eigenvalue weighted by atomic mass is 16.4. The molecule has 20 heavy (non-hydrogen) atoms. The van der Waals surface area contributed by atoms with E-state index in [9.17, 15) is 9.90 Å². The lowest BCUT2D eigenvalue weighted by Gasteiger charge is -2.19. The van der Waals surface area contributed by atoms with Gasteiger partial charge in [-0.2, -0.15) is 0 Å². The molecule has 2 aromatic rings. The van der Waals surface area contributed by atoms with Gasteiger partial charge in [0.15, 0.2) is 0 Å². The number of aromatic carboxylic acids is 1. The van der Waals surface area contributed by atoms with Crippen LogP contribution < -0.4 is 5.32 Å². The van der Waals surface area contributed by atoms with Crippen LogP contribution in [0, 0.1) is 5.92 Å². The monoisotopic (exact) mass is 277 g/mol. The second-order valence-corrected chi connectivity index (χ2v) is 5.20. The van der Waals surface area contributed by atoms with Gasteiger partial charge in [0.1, 0.15) is 5.58 Å². The Labute approximate surface area is 117 Å². The molecule has 2 rings (SSSR count). The minimum Gasteiger partial charge on any atom is -0.475 e. The lowest BCUT2D eigenvalue weighted by atomic mass is 10.0. The van der Waals surface area contributed by atoms with E-state index in [4.69, 9.17) is 9.52 Å². The topological polar surface area (TPSA) is 82.7 Å². The smallest absolute Gasteiger partial charge is 0.371 e. The fourth-order valence-corrected chi connectivity index (χ4v) is 2.07. The average Bonchev–Trinajstić information content (AvgIpc) is 2.82. The van der Waals surface area contributed by atoms with E-state index < -0.39 is 5.97 Å². The molecule has 0 aliphatic rings. The summed E-state index contributed by atoms with van der Waals surface area (Å²) in [4.78, 5) is 10.9. The third kappa shape index (κ3) is 3.18. The third-order valence-corrected chi connectivity index (χ3v) is 3.36. The summed E-state index contributed by atoms with van der Waals surface area (Å²) in [5.41, 5.74) is 1.59. The standard InChI is InChI=1S/C15H19NO4/c1-9(2)12(8-17)16-7-10-3-4-13-11(5-10)6-14(20-13)15(18)19/h3-6,9,12,16-17H,7-8H2,1-2H3,(H,18,19). The first-order chi connectivity index (χ1) is 9.51. The van der Waals surface area contributed by atoms with E-state index in [1.165, 1.54) is 6.07 Å². The molecule has 1 aromatic carbocycles. The highest BCUT2D eigenvalue weighted by molar-refractivity contribution is 5.91. The molecule has 0 aliphatic carbocycles. The van der Waals surface area contributed by atoms with Crippen molar-refractivity contribution in [3.63, 3.8) is 0 Å². The van der Waals surface area contributed by atoms with Crippen molar-refractivity contribution in [1.29, 1.82) is 0 Å². The summed E-state index contributed by atoms with van der Waals surface area (Å²) in [6, 6.07) is 7.12. The Hall–Kier alpha value is -1.85. The molecule has 3 N–H and O–H groups in total. The lowest BCUT2D eigenvalue weighted by Crippen LogP contribution is -2.36. The molecule has 108 valence electrons. The molecule has 1 unspecified atom stereocenters. The predicted octanol–water partition coefficient (Wildman–Crippen LogP) is 2.24. The molecule has 0 radical (unpaired) electrons. The molecule has 0 spiro atoms. The quantitative estimate of drug-likeness (QED) is 0.754. The lowest BCUT2D eigenvalue weighted by molar-refractivity contribution is 0.0665. The van der Waals surface area contributed by atoms with Gasteiger partial charge in [0.25, 0.3) is 0 Å². The Morgan fingerprint density at radius 1 is 1.35 bits per heavy atom. The maximum atomic E-state index is 10.9. The van der Waals surface area contributed by atoms with Crippen molar-refractivity contribution in [3.8, 4) is 0 Å². The molecule has 1 atom stereocenters. The highest BCUT2D eigenvalue weighted by Crippen LogP contribution is 2.21. The number of fused-ring (bicyclic) bond motifs is 1. The van der Waals surface area contributed by atoms with E-state index in [-0.39, 0.29) is 18.4 Å². The van der Waals surface area contributed by atoms with Crippen LogP contribution in [0.4, 0.5) is 0 Å². The molecule has 5 heteroatoms. The maximum absolute atomic E-state index is 10.9. The Morgan fingerprint density at radius 2 is 2.10 bits per heavy atom. The van der Waals surface area contributed by atoms with Gasteiger partial charge in [-0.15, -0.1) is 0 Å². The maximum Gasteiger partial charge on any atom is 0.371 e. The van der Waals surface area contributed by atoms with Crippen molar-refractivity contribution in [2.75, 3.05) is 6.61 Å². The zero-order valence-corrected chi connectivity index (χ0v) is 11.6. The van der Waals surface area contributed by atoms with Gasteiger partial charge >= 0.3 is 5.97 Å². The van der Waals surface area contributed by atoms with Gasteiger partial charge in [0.05, 0.1) is 6.61 Å². The summed E-state index contributed by atoms with van der Waals surface area (Å²) in [5.74, 6) is -0.780. The third-order valence-electron chi connectivity index (χ3n) is 3.36. The number of nitrogens with one attached hydrogen (secondary N) is 1. The molecule has 1 aromatic heterocycles. The van der Waals surface area contributed by atoms with Crippen LogP contribution in [-0.4, -0.2) is 28.8 Å². The molecule has 0 bridgehead atoms. The molecular weight excluding hydrogens is 258 g/mol. The average molecular weight is 277 g/mol. The van der Waals surface area contributed by atoms with Crippen molar-refractivity contribution in [3.05, 3.63) is 35.6 Å². The van der Waals surface area contributed by atoms with Gasteiger partial charge in [-0.25, -0.2) is 4.79 Å². The minimum atomic E-state index is -1.07. The van der Waals surface area contributed by atoms with Crippen LogP contribution in [0.15, 0.2) is 28.7 Å². The zero-order chi connectivity index (χ0) is 14.7. The van der Waals surface area contributed by atoms with E-state index >= 15 is 0 Å². The van der Waals surface area contributed by atoms with Crippen molar-refractivity contribution in [2.45, 2.75) is 26.4 Å². The molecule has 0 saturated heterocycles. The number of hydrogen-bond donors (Lipinski definition) is 3. The summed E-state index contributed by atoms with van der Waals surface area (Å²) in [5, 5.41) is 22.2. The van der Waals surface area contributed by atoms with Crippen molar-refractivity contribution >= 4 is 16.9 Å². The molecule has 0 amide bonds. The number of benzene rings is 1. The SMILES string of the molecule is CC(C)C(CO)NCc1ccc2oc(C(=O)O)cc2c1. The summed E-state index contributed by atoms with van der Waals surface area (Å²) in [6.07, 6.45) is 0. The summed E-state index contributed by atoms with van der Waals surface area (Å²) in [6.45, 7) is 4.81. The predicted molar refractivity (Wildman–Crippen MR) is 75.7 cm³/mol. The molecule has 0 fully saturated rings. The van der Waals surface area contributed by atoms with Gasteiger partial charge in [0.2, 0.25) is 5.76 Å². The van der Waals surface area contributed by atoms with Crippen LogP contribution in [0.25, 0.3) is 11.0 Å². The van der Waals surface area contributed by atoms with E-state index in [1.807, 2.05) is 26.0 Å². The molecule has 5 nitrogen and oxygen atoms in total. The fourth-order valence-electron chi connectivity index (χ4n) is 2.07. The molecule has 0 aliphatic heterocycles. The second-order valence-electron chi connectivity index (χ2n) is 5.20. The first-order valence-electron chi connectivity index (χ1n) is 6.61. The molecule has 1 heterocycles. The van der Waals surface area contributed by atoms with Crippen molar-refractivity contribution in [2.24, 2.45) is 5.92 Å². The summed E-state index contributed by atoms with van der Waals surface area (Å²) < 4.78 is 5.21. The van der Waals surface area contributed by atoms with Crippen molar-refractivity contribution < 1.29 is 19.4 Å². The number of carboxylic acids is 1. The number of hydrogen-bond acceptors (Lipinski definition) is 4. The van der Waals surface area contributed by atoms with E-state index in [2.05, 4.69) is 5.32 Å². The summed E-state index contributed by atoms with van der Waals surface area (Å²) >= 11 is 0. The van der Waals surface area contributed by atoms with Gasteiger partial charge in [-0.1, -0.05) is 19.9 Å². The Balaban J connectivity index is 2.13. The van der Waals surface area contributed by atoms with E-state index in [1.54, 1.807) is 6.07 Å². The van der Waals surface area contributed by atoms with Gasteiger partial charge < -0.3 is 19.9 Å². The Kier molecular flexibility index (Phi) is 4.42. The van der Waals surface area contributed by atoms with Crippen LogP contribution in [-0.2, 0) is 6.54 Å². The fraction of sp³-hybridized carbons (Fsp3) is 0.400. The van der Waals surface area contributed by atoms with Crippen LogP contribution in [0.5, 0.6) is 0 Å². The normalized spacial score (nSPS) is 13.0. The van der Waals surface area contributed by atoms with Crippen LogP contribution in [0.3, 0.4) is 0 Å². The number of aliphatic hydroxyl groups is 1. The largest absolute Gasteiger partial charge is 0.475 e. The number of carbonyl (C=O) groups is 1. The minimum absolute atomic E-state index is 0.0460. The number of aliphatic hydroxyl groups excluding tert-OH is 1. The number of carboxylic acid groups (broad SMARTS) is 1. The van der Waals surface area contributed by atoms with Gasteiger partial charge in [0, 0.05) is 18.0 Å². The summed E-state index contributed by atoms with van der Waals surface area (Å²) in [7, 11) is 0. The molecule has 0 saturated carbocycles. The first-order valence-corrected chi connectivity index (χ1v) is 6.61. The zero-order valence-electron chi connectivity index (χ0n) is 11.6. The number of furan rings is 1. The second kappa shape index (κ2) is 6.07. The first kappa shape index (κ1) is 14.6.